The molecular weight excluding hydrogens is 530 g/mol. The highest BCUT2D eigenvalue weighted by Crippen LogP contribution is 2.35. The van der Waals surface area contributed by atoms with Crippen LogP contribution in [-0.2, 0) is 31.3 Å². The monoisotopic (exact) mass is 561 g/mol. The largest absolute Gasteiger partial charge is 0.392 e. The Labute approximate surface area is 243 Å². The van der Waals surface area contributed by atoms with Crippen LogP contribution >= 0.6 is 0 Å². The van der Waals surface area contributed by atoms with Crippen molar-refractivity contribution in [1.29, 1.82) is 0 Å². The van der Waals surface area contributed by atoms with E-state index in [2.05, 4.69) is 22.2 Å². The molecule has 0 fully saturated rings. The van der Waals surface area contributed by atoms with Gasteiger partial charge in [-0.1, -0.05) is 42.5 Å². The number of nitrogens with one attached hydrogen (secondary N) is 2. The van der Waals surface area contributed by atoms with Crippen molar-refractivity contribution >= 4 is 40.3 Å². The number of carbonyl (C=O) groups is 2. The van der Waals surface area contributed by atoms with Crippen molar-refractivity contribution in [2.24, 2.45) is 7.05 Å². The van der Waals surface area contributed by atoms with Gasteiger partial charge in [0.1, 0.15) is 0 Å². The topological polar surface area (TPSA) is 117 Å². The van der Waals surface area contributed by atoms with Crippen LogP contribution in [0.15, 0.2) is 72.2 Å². The van der Waals surface area contributed by atoms with E-state index in [1.165, 1.54) is 4.57 Å². The van der Waals surface area contributed by atoms with E-state index in [4.69, 9.17) is 0 Å². The van der Waals surface area contributed by atoms with Gasteiger partial charge in [-0.15, -0.1) is 0 Å². The van der Waals surface area contributed by atoms with Crippen molar-refractivity contribution in [1.82, 2.24) is 9.55 Å². The van der Waals surface area contributed by atoms with Crippen molar-refractivity contribution < 1.29 is 14.7 Å². The minimum absolute atomic E-state index is 0.0422. The molecule has 3 aromatic carbocycles. The number of allylic oxidation sites excluding steroid dienone is 1. The molecule has 2 aliphatic heterocycles. The van der Waals surface area contributed by atoms with Gasteiger partial charge in [0.15, 0.2) is 5.82 Å². The first-order chi connectivity index (χ1) is 20.2. The summed E-state index contributed by atoms with van der Waals surface area (Å²) in [5.41, 5.74) is 7.82. The molecule has 0 spiro atoms. The lowest BCUT2D eigenvalue weighted by Crippen LogP contribution is -2.38. The number of anilines is 4. The number of rotatable bonds is 6. The second kappa shape index (κ2) is 10.8. The van der Waals surface area contributed by atoms with E-state index >= 15 is 0 Å². The van der Waals surface area contributed by atoms with Gasteiger partial charge < -0.3 is 25.2 Å². The van der Waals surface area contributed by atoms with E-state index in [-0.39, 0.29) is 29.8 Å². The van der Waals surface area contributed by atoms with Crippen LogP contribution in [0.4, 0.5) is 22.9 Å². The highest BCUT2D eigenvalue weighted by atomic mass is 16.3. The van der Waals surface area contributed by atoms with Gasteiger partial charge in [-0.3, -0.25) is 14.4 Å². The third kappa shape index (κ3) is 4.88. The zero-order valence-electron chi connectivity index (χ0n) is 23.5. The van der Waals surface area contributed by atoms with E-state index in [1.54, 1.807) is 24.2 Å². The fraction of sp³-hybridized carbons (Fsp3) is 0.212. The summed E-state index contributed by atoms with van der Waals surface area (Å²) in [6, 6.07) is 16.8. The number of aliphatic hydroxyl groups is 1. The summed E-state index contributed by atoms with van der Waals surface area (Å²) >= 11 is 0. The number of aryl methyl sites for hydroxylation is 2. The molecule has 9 heteroatoms. The molecule has 2 amide bonds. The second-order valence-corrected chi connectivity index (χ2v) is 10.8. The highest BCUT2D eigenvalue weighted by molar-refractivity contribution is 6.09. The molecule has 4 aromatic rings. The lowest BCUT2D eigenvalue weighted by Gasteiger charge is -2.31. The quantitative estimate of drug-likeness (QED) is 0.311. The molecule has 1 aromatic heterocycles. The lowest BCUT2D eigenvalue weighted by atomic mass is 9.93. The summed E-state index contributed by atoms with van der Waals surface area (Å²) in [5.74, 6) is -0.0753. The third-order valence-electron chi connectivity index (χ3n) is 7.89. The summed E-state index contributed by atoms with van der Waals surface area (Å²) in [6.45, 7) is 6.09. The van der Waals surface area contributed by atoms with E-state index in [0.29, 0.717) is 65.3 Å². The van der Waals surface area contributed by atoms with Gasteiger partial charge in [-0.05, 0) is 60.7 Å². The van der Waals surface area contributed by atoms with Gasteiger partial charge in [-0.2, -0.15) is 0 Å². The van der Waals surface area contributed by atoms with Gasteiger partial charge in [0.05, 0.1) is 18.0 Å². The molecule has 42 heavy (non-hydrogen) atoms. The first kappa shape index (κ1) is 27.2. The lowest BCUT2D eigenvalue weighted by molar-refractivity contribution is -0.116. The Morgan fingerprint density at radius 1 is 1.02 bits per heavy atom. The van der Waals surface area contributed by atoms with Gasteiger partial charge in [0.25, 0.3) is 11.5 Å². The van der Waals surface area contributed by atoms with Gasteiger partial charge >= 0.3 is 0 Å². The fourth-order valence-corrected chi connectivity index (χ4v) is 5.62. The van der Waals surface area contributed by atoms with Crippen LogP contribution < -0.4 is 21.1 Å². The first-order valence-corrected chi connectivity index (χ1v) is 13.8. The van der Waals surface area contributed by atoms with Crippen LogP contribution in [0.5, 0.6) is 0 Å². The Kier molecular flexibility index (Phi) is 6.96. The number of aliphatic hydroxyl groups excluding tert-OH is 1. The molecule has 0 atom stereocenters. The number of hydrogen-bond acceptors (Lipinski definition) is 6. The summed E-state index contributed by atoms with van der Waals surface area (Å²) in [5, 5.41) is 16.5. The molecular formula is C33H31N5O4. The molecule has 2 aliphatic rings. The standard InChI is InChI=1S/C33H31N5O4/c1-19(2)21-8-11-24-22(15-21)13-14-38(32(24)41)29-6-4-5-25(26(29)18-39)28-17-37(3)33(42)31(36-28)34-23-10-7-20-9-12-30(40)35-27(20)16-23/h4-8,10-11,15-17,39H,1,9,12-14,18H2,2-3H3,(H,34,36)(H,35,40). The number of benzene rings is 3. The van der Waals surface area contributed by atoms with Gasteiger partial charge in [0.2, 0.25) is 5.91 Å². The molecule has 0 bridgehead atoms. The minimum Gasteiger partial charge on any atom is -0.392 e. The Morgan fingerprint density at radius 3 is 2.64 bits per heavy atom. The van der Waals surface area contributed by atoms with Crippen molar-refractivity contribution in [2.75, 3.05) is 22.1 Å². The van der Waals surface area contributed by atoms with Crippen molar-refractivity contribution in [3.63, 3.8) is 0 Å². The maximum absolute atomic E-state index is 13.6. The number of hydrogen-bond donors (Lipinski definition) is 3. The summed E-state index contributed by atoms with van der Waals surface area (Å²) < 4.78 is 1.43. The Balaban J connectivity index is 1.36. The zero-order valence-corrected chi connectivity index (χ0v) is 23.5. The third-order valence-corrected chi connectivity index (χ3v) is 7.89. The fourth-order valence-electron chi connectivity index (χ4n) is 5.62. The van der Waals surface area contributed by atoms with Crippen molar-refractivity contribution in [2.45, 2.75) is 32.8 Å². The number of aromatic nitrogens is 2. The summed E-state index contributed by atoms with van der Waals surface area (Å²) in [6.07, 6.45) is 3.40. The number of amides is 2. The van der Waals surface area contributed by atoms with E-state index in [1.807, 2.05) is 55.5 Å². The van der Waals surface area contributed by atoms with Crippen LogP contribution in [-0.4, -0.2) is 33.0 Å². The SMILES string of the molecule is C=C(C)c1ccc2c(c1)CCN(c1cccc(-c3cn(C)c(=O)c(Nc4ccc5c(c4)NC(=O)CC5)n3)c1CO)C2=O. The maximum Gasteiger partial charge on any atom is 0.293 e. The minimum atomic E-state index is -0.334. The molecule has 9 nitrogen and oxygen atoms in total. The number of carbonyl (C=O) groups excluding carboxylic acids is 2. The van der Waals surface area contributed by atoms with E-state index in [9.17, 15) is 19.5 Å². The van der Waals surface area contributed by atoms with Gasteiger partial charge in [-0.25, -0.2) is 4.98 Å². The maximum atomic E-state index is 13.6. The van der Waals surface area contributed by atoms with Crippen LogP contribution in [0, 0.1) is 0 Å². The normalized spacial score (nSPS) is 14.2. The predicted octanol–water partition coefficient (Wildman–Crippen LogP) is 4.80. The number of fused-ring (bicyclic) bond motifs is 2. The molecule has 0 aliphatic carbocycles. The second-order valence-electron chi connectivity index (χ2n) is 10.8. The number of nitrogens with zero attached hydrogens (tertiary/aromatic N) is 3. The smallest absolute Gasteiger partial charge is 0.293 e. The van der Waals surface area contributed by atoms with Crippen LogP contribution in [0.25, 0.3) is 16.8 Å². The summed E-state index contributed by atoms with van der Waals surface area (Å²) in [7, 11) is 1.64. The van der Waals surface area contributed by atoms with Gasteiger partial charge in [0, 0.05) is 54.3 Å². The molecule has 6 rings (SSSR count). The molecule has 3 N–H and O–H groups in total. The molecule has 0 saturated carbocycles. The predicted molar refractivity (Wildman–Crippen MR) is 164 cm³/mol. The van der Waals surface area contributed by atoms with Crippen LogP contribution in [0.3, 0.4) is 0 Å². The Hall–Kier alpha value is -5.02. The highest BCUT2D eigenvalue weighted by Gasteiger charge is 2.28. The Bertz CT molecular complexity index is 1840. The Morgan fingerprint density at radius 2 is 1.86 bits per heavy atom. The molecule has 0 unspecified atom stereocenters. The first-order valence-electron chi connectivity index (χ1n) is 13.8. The van der Waals surface area contributed by atoms with E-state index in [0.717, 1.165) is 22.3 Å². The summed E-state index contributed by atoms with van der Waals surface area (Å²) in [4.78, 5) is 44.9. The average molecular weight is 562 g/mol. The molecule has 0 radical (unpaired) electrons. The molecule has 3 heterocycles. The van der Waals surface area contributed by atoms with Crippen LogP contribution in [0.1, 0.15) is 46.0 Å². The van der Waals surface area contributed by atoms with Crippen molar-refractivity contribution in [3.05, 3.63) is 106 Å². The molecule has 0 saturated heterocycles. The van der Waals surface area contributed by atoms with E-state index < -0.39 is 0 Å². The zero-order chi connectivity index (χ0) is 29.5. The van der Waals surface area contributed by atoms with Crippen LogP contribution in [0.2, 0.25) is 0 Å². The molecule has 212 valence electrons. The average Bonchev–Trinajstić information content (AvgIpc) is 2.98. The van der Waals surface area contributed by atoms with Crippen molar-refractivity contribution in [3.8, 4) is 11.3 Å².